The lowest BCUT2D eigenvalue weighted by Crippen LogP contribution is -2.45. The normalized spacial score (nSPS) is 19.1. The Labute approximate surface area is 175 Å². The molecule has 5 nitrogen and oxygen atoms in total. The van der Waals surface area contributed by atoms with Crippen molar-refractivity contribution in [2.24, 2.45) is 4.99 Å². The summed E-state index contributed by atoms with van der Waals surface area (Å²) in [5, 5.41) is 6.79. The minimum Gasteiger partial charge on any atom is -0.357 e. The van der Waals surface area contributed by atoms with E-state index < -0.39 is 0 Å². The van der Waals surface area contributed by atoms with Gasteiger partial charge in [-0.2, -0.15) is 0 Å². The van der Waals surface area contributed by atoms with Crippen LogP contribution in [0, 0.1) is 0 Å². The number of hydrogen-bond acceptors (Lipinski definition) is 3. The minimum atomic E-state index is 0. The zero-order valence-electron chi connectivity index (χ0n) is 16.2. The van der Waals surface area contributed by atoms with Crippen LogP contribution in [0.15, 0.2) is 29.3 Å². The molecule has 0 atom stereocenters. The second-order valence-corrected chi connectivity index (χ2v) is 7.14. The zero-order chi connectivity index (χ0) is 17.5. The summed E-state index contributed by atoms with van der Waals surface area (Å²) in [7, 11) is 0. The molecule has 0 radical (unpaired) electrons. The number of piperazine rings is 1. The lowest BCUT2D eigenvalue weighted by Gasteiger charge is -2.34. The van der Waals surface area contributed by atoms with E-state index >= 15 is 0 Å². The average Bonchev–Trinajstić information content (AvgIpc) is 3.46. The van der Waals surface area contributed by atoms with Crippen LogP contribution in [0.5, 0.6) is 0 Å². The van der Waals surface area contributed by atoms with Gasteiger partial charge in [0, 0.05) is 45.3 Å². The fourth-order valence-electron chi connectivity index (χ4n) is 3.18. The molecule has 1 aromatic rings. The average molecular weight is 471 g/mol. The monoisotopic (exact) mass is 471 g/mol. The van der Waals surface area contributed by atoms with Crippen molar-refractivity contribution in [2.75, 3.05) is 39.3 Å². The number of nitrogens with one attached hydrogen (secondary N) is 2. The predicted molar refractivity (Wildman–Crippen MR) is 120 cm³/mol. The number of halogens is 1. The van der Waals surface area contributed by atoms with Gasteiger partial charge in [-0.1, -0.05) is 31.2 Å². The first kappa shape index (κ1) is 21.4. The van der Waals surface area contributed by atoms with Gasteiger partial charge in [0.2, 0.25) is 0 Å². The van der Waals surface area contributed by atoms with E-state index in [1.165, 1.54) is 56.7 Å². The van der Waals surface area contributed by atoms with E-state index in [2.05, 4.69) is 58.5 Å². The molecule has 3 rings (SSSR count). The maximum atomic E-state index is 4.71. The molecule has 1 saturated carbocycles. The van der Waals surface area contributed by atoms with Gasteiger partial charge in [0.15, 0.2) is 5.96 Å². The third-order valence-corrected chi connectivity index (χ3v) is 5.02. The van der Waals surface area contributed by atoms with Gasteiger partial charge in [-0.05, 0) is 37.4 Å². The number of hydrogen-bond donors (Lipinski definition) is 2. The van der Waals surface area contributed by atoms with Crippen LogP contribution in [0.1, 0.15) is 37.8 Å². The van der Waals surface area contributed by atoms with E-state index in [-0.39, 0.29) is 24.0 Å². The Bertz CT molecular complexity index is 548. The molecule has 2 aliphatic rings. The standard InChI is InChI=1S/C20H33N5.HI/c1-3-21-20(23-19-9-10-19)22-15-17-5-7-18(8-6-17)16-25-13-11-24(4-2)12-14-25;/h5-8,19H,3-4,9-16H2,1-2H3,(H2,21,22,23);1H. The summed E-state index contributed by atoms with van der Waals surface area (Å²) in [4.78, 5) is 9.79. The summed E-state index contributed by atoms with van der Waals surface area (Å²) >= 11 is 0. The van der Waals surface area contributed by atoms with Gasteiger partial charge in [0.25, 0.3) is 0 Å². The molecule has 0 amide bonds. The van der Waals surface area contributed by atoms with Crippen LogP contribution >= 0.6 is 24.0 Å². The smallest absolute Gasteiger partial charge is 0.191 e. The van der Waals surface area contributed by atoms with Gasteiger partial charge in [-0.25, -0.2) is 4.99 Å². The Kier molecular flexibility index (Phi) is 9.15. The molecule has 1 saturated heterocycles. The lowest BCUT2D eigenvalue weighted by molar-refractivity contribution is 0.132. The van der Waals surface area contributed by atoms with E-state index in [4.69, 9.17) is 4.99 Å². The molecule has 1 heterocycles. The molecule has 146 valence electrons. The zero-order valence-corrected chi connectivity index (χ0v) is 18.5. The third kappa shape index (κ3) is 7.04. The van der Waals surface area contributed by atoms with Crippen molar-refractivity contribution >= 4 is 29.9 Å². The first-order valence-electron chi connectivity index (χ1n) is 9.84. The van der Waals surface area contributed by atoms with Crippen LogP contribution in [0.25, 0.3) is 0 Å². The molecule has 0 spiro atoms. The van der Waals surface area contributed by atoms with Gasteiger partial charge in [0.1, 0.15) is 0 Å². The number of aliphatic imine (C=N–C) groups is 1. The molecule has 26 heavy (non-hydrogen) atoms. The maximum Gasteiger partial charge on any atom is 0.191 e. The van der Waals surface area contributed by atoms with Crippen molar-refractivity contribution < 1.29 is 0 Å². The van der Waals surface area contributed by atoms with E-state index in [1.54, 1.807) is 0 Å². The lowest BCUT2D eigenvalue weighted by atomic mass is 10.1. The highest BCUT2D eigenvalue weighted by Gasteiger charge is 2.22. The maximum absolute atomic E-state index is 4.71. The second kappa shape index (κ2) is 11.1. The number of rotatable bonds is 7. The van der Waals surface area contributed by atoms with Crippen LogP contribution in [0.4, 0.5) is 0 Å². The van der Waals surface area contributed by atoms with Crippen molar-refractivity contribution in [1.82, 2.24) is 20.4 Å². The highest BCUT2D eigenvalue weighted by molar-refractivity contribution is 14.0. The highest BCUT2D eigenvalue weighted by Crippen LogP contribution is 2.18. The molecule has 0 aromatic heterocycles. The molecular formula is C20H34IN5. The summed E-state index contributed by atoms with van der Waals surface area (Å²) in [6.07, 6.45) is 2.54. The van der Waals surface area contributed by atoms with E-state index in [0.717, 1.165) is 25.6 Å². The van der Waals surface area contributed by atoms with Crippen molar-refractivity contribution in [3.63, 3.8) is 0 Å². The SMILES string of the molecule is CCNC(=NCc1ccc(CN2CCN(CC)CC2)cc1)NC1CC1.I. The van der Waals surface area contributed by atoms with E-state index in [1.807, 2.05) is 0 Å². The number of likely N-dealkylation sites (N-methyl/N-ethyl adjacent to an activating group) is 1. The van der Waals surface area contributed by atoms with Crippen LogP contribution in [0.3, 0.4) is 0 Å². The largest absolute Gasteiger partial charge is 0.357 e. The van der Waals surface area contributed by atoms with Crippen molar-refractivity contribution in [2.45, 2.75) is 45.8 Å². The summed E-state index contributed by atoms with van der Waals surface area (Å²) in [6, 6.07) is 9.61. The minimum absolute atomic E-state index is 0. The van der Waals surface area contributed by atoms with Crippen LogP contribution in [-0.2, 0) is 13.1 Å². The quantitative estimate of drug-likeness (QED) is 0.365. The topological polar surface area (TPSA) is 42.9 Å². The summed E-state index contributed by atoms with van der Waals surface area (Å²) in [5.74, 6) is 0.947. The van der Waals surface area contributed by atoms with Gasteiger partial charge < -0.3 is 15.5 Å². The van der Waals surface area contributed by atoms with Crippen molar-refractivity contribution in [3.8, 4) is 0 Å². The predicted octanol–water partition coefficient (Wildman–Crippen LogP) is 2.66. The van der Waals surface area contributed by atoms with Gasteiger partial charge in [-0.15, -0.1) is 24.0 Å². The van der Waals surface area contributed by atoms with Crippen LogP contribution in [-0.4, -0.2) is 61.1 Å². The molecule has 1 aromatic carbocycles. The van der Waals surface area contributed by atoms with E-state index in [0.29, 0.717) is 6.04 Å². The molecule has 2 fully saturated rings. The Morgan fingerprint density at radius 1 is 1.00 bits per heavy atom. The molecular weight excluding hydrogens is 437 g/mol. The van der Waals surface area contributed by atoms with Crippen molar-refractivity contribution in [3.05, 3.63) is 35.4 Å². The Hall–Kier alpha value is -0.860. The van der Waals surface area contributed by atoms with Crippen LogP contribution in [0.2, 0.25) is 0 Å². The molecule has 0 unspecified atom stereocenters. The Balaban J connectivity index is 0.00000243. The fraction of sp³-hybridized carbons (Fsp3) is 0.650. The first-order valence-corrected chi connectivity index (χ1v) is 9.84. The number of benzene rings is 1. The van der Waals surface area contributed by atoms with Gasteiger partial charge in [-0.3, -0.25) is 4.90 Å². The molecule has 6 heteroatoms. The Morgan fingerprint density at radius 3 is 2.19 bits per heavy atom. The third-order valence-electron chi connectivity index (χ3n) is 5.02. The van der Waals surface area contributed by atoms with Crippen molar-refractivity contribution in [1.29, 1.82) is 0 Å². The molecule has 0 bridgehead atoms. The summed E-state index contributed by atoms with van der Waals surface area (Å²) in [5.41, 5.74) is 2.67. The number of nitrogens with zero attached hydrogens (tertiary/aromatic N) is 3. The molecule has 2 N–H and O–H groups in total. The highest BCUT2D eigenvalue weighted by atomic mass is 127. The summed E-state index contributed by atoms with van der Waals surface area (Å²) in [6.45, 7) is 13.0. The van der Waals surface area contributed by atoms with Gasteiger partial charge >= 0.3 is 0 Å². The number of guanidine groups is 1. The summed E-state index contributed by atoms with van der Waals surface area (Å²) < 4.78 is 0. The molecule has 1 aliphatic heterocycles. The second-order valence-electron chi connectivity index (χ2n) is 7.14. The van der Waals surface area contributed by atoms with Crippen LogP contribution < -0.4 is 10.6 Å². The first-order chi connectivity index (χ1) is 12.3. The molecule has 1 aliphatic carbocycles. The Morgan fingerprint density at radius 2 is 1.62 bits per heavy atom. The van der Waals surface area contributed by atoms with E-state index in [9.17, 15) is 0 Å². The fourth-order valence-corrected chi connectivity index (χ4v) is 3.18. The van der Waals surface area contributed by atoms with Gasteiger partial charge in [0.05, 0.1) is 6.54 Å².